The number of carboxylic acids is 1. The molecule has 0 aliphatic carbocycles. The number of carbonyl (C=O) groups is 1. The number of thiazole rings is 1. The van der Waals surface area contributed by atoms with Gasteiger partial charge in [-0.1, -0.05) is 25.2 Å². The first-order valence-electron chi connectivity index (χ1n) is 8.61. The molecule has 3 rings (SSSR count). The van der Waals surface area contributed by atoms with Crippen LogP contribution in [0.1, 0.15) is 49.9 Å². The van der Waals surface area contributed by atoms with E-state index in [1.54, 1.807) is 6.20 Å². The Balaban J connectivity index is 1.79. The molecule has 1 atom stereocenters. The van der Waals surface area contributed by atoms with Gasteiger partial charge in [-0.15, -0.1) is 0 Å². The van der Waals surface area contributed by atoms with Crippen LogP contribution in [-0.4, -0.2) is 46.2 Å². The molecule has 7 heteroatoms. The number of nitrogens with zero attached hydrogens (tertiary/aromatic N) is 3. The zero-order valence-electron chi connectivity index (χ0n) is 14.2. The molecular weight excluding hydrogens is 324 g/mol. The van der Waals surface area contributed by atoms with Crippen molar-refractivity contribution in [2.75, 3.05) is 18.0 Å². The van der Waals surface area contributed by atoms with Crippen molar-refractivity contribution < 1.29 is 9.90 Å². The zero-order chi connectivity index (χ0) is 17.1. The summed E-state index contributed by atoms with van der Waals surface area (Å²) in [7, 11) is 0. The number of rotatable bonds is 6. The van der Waals surface area contributed by atoms with Gasteiger partial charge in [0.05, 0.1) is 16.5 Å². The molecule has 1 aliphatic rings. The van der Waals surface area contributed by atoms with Gasteiger partial charge in [0, 0.05) is 31.4 Å². The number of nitrogens with one attached hydrogen (secondary N) is 1. The molecule has 0 spiro atoms. The van der Waals surface area contributed by atoms with Gasteiger partial charge < -0.3 is 15.3 Å². The Morgan fingerprint density at radius 1 is 1.46 bits per heavy atom. The van der Waals surface area contributed by atoms with Gasteiger partial charge in [-0.25, -0.2) is 9.78 Å². The van der Waals surface area contributed by atoms with Crippen LogP contribution in [0.4, 0.5) is 5.13 Å². The molecule has 0 aromatic carbocycles. The van der Waals surface area contributed by atoms with E-state index in [1.807, 2.05) is 0 Å². The van der Waals surface area contributed by atoms with E-state index < -0.39 is 5.97 Å². The van der Waals surface area contributed by atoms with Crippen LogP contribution >= 0.6 is 11.3 Å². The van der Waals surface area contributed by atoms with Crippen molar-refractivity contribution in [3.05, 3.63) is 18.0 Å². The third-order valence-corrected chi connectivity index (χ3v) is 5.83. The molecule has 24 heavy (non-hydrogen) atoms. The molecular formula is C17H24N4O2S. The number of aromatic nitrogens is 2. The van der Waals surface area contributed by atoms with E-state index in [2.05, 4.69) is 34.0 Å². The predicted octanol–water partition coefficient (Wildman–Crippen LogP) is 3.14. The smallest absolute Gasteiger partial charge is 0.338 e. The van der Waals surface area contributed by atoms with Crippen LogP contribution in [0.3, 0.4) is 0 Å². The molecule has 0 bridgehead atoms. The van der Waals surface area contributed by atoms with Gasteiger partial charge in [0.2, 0.25) is 0 Å². The lowest BCUT2D eigenvalue weighted by Crippen LogP contribution is -2.49. The van der Waals surface area contributed by atoms with Crippen LogP contribution in [0.2, 0.25) is 0 Å². The molecule has 1 aliphatic heterocycles. The van der Waals surface area contributed by atoms with E-state index in [-0.39, 0.29) is 5.56 Å². The quantitative estimate of drug-likeness (QED) is 0.835. The number of aromatic carboxylic acids is 1. The third-order valence-electron chi connectivity index (χ3n) is 4.67. The minimum atomic E-state index is -0.949. The molecule has 2 aromatic rings. The van der Waals surface area contributed by atoms with Crippen molar-refractivity contribution in [3.63, 3.8) is 0 Å². The van der Waals surface area contributed by atoms with Crippen molar-refractivity contribution >= 4 is 32.7 Å². The Kier molecular flexibility index (Phi) is 5.30. The second-order valence-corrected chi connectivity index (χ2v) is 7.28. The van der Waals surface area contributed by atoms with E-state index in [9.17, 15) is 9.90 Å². The van der Waals surface area contributed by atoms with Gasteiger partial charge in [-0.2, -0.15) is 0 Å². The number of pyridine rings is 1. The summed E-state index contributed by atoms with van der Waals surface area (Å²) in [5.74, 6) is -0.949. The fourth-order valence-corrected chi connectivity index (χ4v) is 4.35. The fraction of sp³-hybridized carbons (Fsp3) is 0.588. The Hall–Kier alpha value is -1.73. The van der Waals surface area contributed by atoms with E-state index in [0.29, 0.717) is 22.3 Å². The number of piperidine rings is 1. The third kappa shape index (κ3) is 3.52. The Morgan fingerprint density at radius 3 is 2.96 bits per heavy atom. The summed E-state index contributed by atoms with van der Waals surface area (Å²) in [5, 5.41) is 14.0. The average Bonchev–Trinajstić information content (AvgIpc) is 3.04. The number of anilines is 1. The van der Waals surface area contributed by atoms with Crippen LogP contribution in [0.15, 0.2) is 12.4 Å². The van der Waals surface area contributed by atoms with E-state index in [0.717, 1.165) is 37.5 Å². The Labute approximate surface area is 145 Å². The van der Waals surface area contributed by atoms with Gasteiger partial charge >= 0.3 is 5.97 Å². The van der Waals surface area contributed by atoms with Crippen molar-refractivity contribution in [3.8, 4) is 0 Å². The maximum Gasteiger partial charge on any atom is 0.338 e. The lowest BCUT2D eigenvalue weighted by molar-refractivity contribution is 0.0699. The van der Waals surface area contributed by atoms with Gasteiger partial charge in [0.25, 0.3) is 0 Å². The van der Waals surface area contributed by atoms with Gasteiger partial charge in [-0.05, 0) is 25.7 Å². The lowest BCUT2D eigenvalue weighted by atomic mass is 10.0. The summed E-state index contributed by atoms with van der Waals surface area (Å²) >= 11 is 1.46. The van der Waals surface area contributed by atoms with Crippen LogP contribution in [0.25, 0.3) is 10.2 Å². The highest BCUT2D eigenvalue weighted by atomic mass is 32.1. The monoisotopic (exact) mass is 348 g/mol. The molecule has 0 unspecified atom stereocenters. The number of hydrogen-bond donors (Lipinski definition) is 2. The van der Waals surface area contributed by atoms with Gasteiger partial charge in [-0.3, -0.25) is 4.98 Å². The Bertz CT molecular complexity index is 714. The minimum Gasteiger partial charge on any atom is -0.478 e. The zero-order valence-corrected chi connectivity index (χ0v) is 15.0. The summed E-state index contributed by atoms with van der Waals surface area (Å²) in [4.78, 5) is 22.3. The SMILES string of the molecule is CCC(CC)N[C@@H]1CCCN(c2nc3cncc(C(=O)O)c3s2)C1. The standard InChI is InChI=1S/C17H24N4O2S/c1-3-11(4-2)19-12-6-5-7-21(10-12)17-20-14-9-18-8-13(16(22)23)15(14)24-17/h8-9,11-12,19H,3-7,10H2,1-2H3,(H,22,23)/t12-/m1/s1. The summed E-state index contributed by atoms with van der Waals surface area (Å²) in [6.45, 7) is 6.33. The molecule has 0 saturated carbocycles. The molecule has 2 aromatic heterocycles. The number of fused-ring (bicyclic) bond motifs is 1. The van der Waals surface area contributed by atoms with Crippen molar-refractivity contribution in [2.45, 2.75) is 51.6 Å². The second-order valence-electron chi connectivity index (χ2n) is 6.30. The first kappa shape index (κ1) is 17.1. The van der Waals surface area contributed by atoms with E-state index >= 15 is 0 Å². The van der Waals surface area contributed by atoms with E-state index in [1.165, 1.54) is 24.0 Å². The molecule has 1 fully saturated rings. The number of carboxylic acid groups (broad SMARTS) is 1. The highest BCUT2D eigenvalue weighted by Gasteiger charge is 2.24. The normalized spacial score (nSPS) is 18.5. The molecule has 0 amide bonds. The largest absolute Gasteiger partial charge is 0.478 e. The highest BCUT2D eigenvalue weighted by molar-refractivity contribution is 7.22. The molecule has 2 N–H and O–H groups in total. The predicted molar refractivity (Wildman–Crippen MR) is 97.1 cm³/mol. The number of hydrogen-bond acceptors (Lipinski definition) is 6. The summed E-state index contributed by atoms with van der Waals surface area (Å²) in [6.07, 6.45) is 7.63. The van der Waals surface area contributed by atoms with Crippen LogP contribution in [0.5, 0.6) is 0 Å². The summed E-state index contributed by atoms with van der Waals surface area (Å²) < 4.78 is 0.711. The first-order valence-corrected chi connectivity index (χ1v) is 9.42. The van der Waals surface area contributed by atoms with Crippen LogP contribution in [-0.2, 0) is 0 Å². The summed E-state index contributed by atoms with van der Waals surface area (Å²) in [6, 6.07) is 1.03. The molecule has 0 radical (unpaired) electrons. The van der Waals surface area contributed by atoms with Crippen LogP contribution < -0.4 is 10.2 Å². The molecule has 6 nitrogen and oxygen atoms in total. The minimum absolute atomic E-state index is 0.236. The molecule has 1 saturated heterocycles. The van der Waals surface area contributed by atoms with Crippen molar-refractivity contribution in [2.24, 2.45) is 0 Å². The van der Waals surface area contributed by atoms with Crippen molar-refractivity contribution in [1.82, 2.24) is 15.3 Å². The highest BCUT2D eigenvalue weighted by Crippen LogP contribution is 2.32. The first-order chi connectivity index (χ1) is 11.6. The molecule has 130 valence electrons. The van der Waals surface area contributed by atoms with Crippen LogP contribution in [0, 0.1) is 0 Å². The average molecular weight is 348 g/mol. The topological polar surface area (TPSA) is 78.3 Å². The van der Waals surface area contributed by atoms with Crippen molar-refractivity contribution in [1.29, 1.82) is 0 Å². The lowest BCUT2D eigenvalue weighted by Gasteiger charge is -2.35. The maximum atomic E-state index is 11.4. The van der Waals surface area contributed by atoms with E-state index in [4.69, 9.17) is 0 Å². The summed E-state index contributed by atoms with van der Waals surface area (Å²) in [5.41, 5.74) is 0.907. The van der Waals surface area contributed by atoms with Gasteiger partial charge in [0.1, 0.15) is 5.52 Å². The fourth-order valence-electron chi connectivity index (χ4n) is 3.27. The van der Waals surface area contributed by atoms with Gasteiger partial charge in [0.15, 0.2) is 5.13 Å². The Morgan fingerprint density at radius 2 is 2.25 bits per heavy atom. The maximum absolute atomic E-state index is 11.4. The molecule has 3 heterocycles. The second kappa shape index (κ2) is 7.44.